The van der Waals surface area contributed by atoms with Gasteiger partial charge in [0.25, 0.3) is 0 Å². The Hall–Kier alpha value is -0.860. The Morgan fingerprint density at radius 3 is 2.48 bits per heavy atom. The molecule has 0 aliphatic carbocycles. The second-order valence-electron chi connectivity index (χ2n) is 7.05. The molecule has 21 heavy (non-hydrogen) atoms. The SMILES string of the molecule is C[C@H]1CCCN(C2CCN(CCc3ccccc3)CC2)C1. The van der Waals surface area contributed by atoms with E-state index in [2.05, 4.69) is 47.1 Å². The van der Waals surface area contributed by atoms with Gasteiger partial charge in [0.05, 0.1) is 0 Å². The monoisotopic (exact) mass is 286 g/mol. The summed E-state index contributed by atoms with van der Waals surface area (Å²) in [6, 6.07) is 11.8. The number of rotatable bonds is 4. The highest BCUT2D eigenvalue weighted by atomic mass is 15.2. The molecule has 0 saturated carbocycles. The van der Waals surface area contributed by atoms with E-state index in [1.165, 1.54) is 70.4 Å². The minimum absolute atomic E-state index is 0.862. The fourth-order valence-electron chi connectivity index (χ4n) is 4.00. The number of nitrogens with zero attached hydrogens (tertiary/aromatic N) is 2. The van der Waals surface area contributed by atoms with Crippen molar-refractivity contribution in [1.82, 2.24) is 9.80 Å². The first-order valence-electron chi connectivity index (χ1n) is 8.81. The van der Waals surface area contributed by atoms with Crippen molar-refractivity contribution >= 4 is 0 Å². The fraction of sp³-hybridized carbons (Fsp3) is 0.684. The second kappa shape index (κ2) is 7.42. The molecule has 0 aromatic heterocycles. The van der Waals surface area contributed by atoms with Gasteiger partial charge in [-0.25, -0.2) is 0 Å². The van der Waals surface area contributed by atoms with E-state index in [4.69, 9.17) is 0 Å². The van der Waals surface area contributed by atoms with Crippen molar-refractivity contribution in [2.24, 2.45) is 5.92 Å². The third kappa shape index (κ3) is 4.31. The normalized spacial score (nSPS) is 26.0. The quantitative estimate of drug-likeness (QED) is 0.837. The summed E-state index contributed by atoms with van der Waals surface area (Å²) in [6.45, 7) is 8.92. The van der Waals surface area contributed by atoms with Crippen LogP contribution in [-0.2, 0) is 6.42 Å². The molecule has 1 aromatic carbocycles. The molecule has 2 nitrogen and oxygen atoms in total. The Morgan fingerprint density at radius 2 is 1.76 bits per heavy atom. The Morgan fingerprint density at radius 1 is 1.00 bits per heavy atom. The van der Waals surface area contributed by atoms with Crippen LogP contribution in [0, 0.1) is 5.92 Å². The molecule has 2 heteroatoms. The Kier molecular flexibility index (Phi) is 5.32. The lowest BCUT2D eigenvalue weighted by molar-refractivity contribution is 0.0756. The average Bonchev–Trinajstić information content (AvgIpc) is 2.54. The lowest BCUT2D eigenvalue weighted by Crippen LogP contribution is -2.48. The van der Waals surface area contributed by atoms with E-state index in [1.54, 1.807) is 0 Å². The highest BCUT2D eigenvalue weighted by Gasteiger charge is 2.27. The van der Waals surface area contributed by atoms with Gasteiger partial charge in [-0.15, -0.1) is 0 Å². The van der Waals surface area contributed by atoms with E-state index < -0.39 is 0 Å². The van der Waals surface area contributed by atoms with Gasteiger partial charge in [-0.2, -0.15) is 0 Å². The highest BCUT2D eigenvalue weighted by Crippen LogP contribution is 2.23. The molecule has 0 bridgehead atoms. The van der Waals surface area contributed by atoms with Crippen molar-refractivity contribution in [1.29, 1.82) is 0 Å². The van der Waals surface area contributed by atoms with Crippen LogP contribution in [0.5, 0.6) is 0 Å². The summed E-state index contributed by atoms with van der Waals surface area (Å²) < 4.78 is 0. The molecule has 3 rings (SSSR count). The zero-order valence-electron chi connectivity index (χ0n) is 13.5. The summed E-state index contributed by atoms with van der Waals surface area (Å²) in [5.74, 6) is 0.912. The second-order valence-corrected chi connectivity index (χ2v) is 7.05. The van der Waals surface area contributed by atoms with Crippen molar-refractivity contribution in [3.05, 3.63) is 35.9 Å². The molecule has 1 atom stereocenters. The first kappa shape index (κ1) is 15.1. The van der Waals surface area contributed by atoms with Gasteiger partial charge >= 0.3 is 0 Å². The van der Waals surface area contributed by atoms with E-state index in [1.807, 2.05) is 0 Å². The third-order valence-corrected chi connectivity index (χ3v) is 5.32. The summed E-state index contributed by atoms with van der Waals surface area (Å²) >= 11 is 0. The topological polar surface area (TPSA) is 6.48 Å². The van der Waals surface area contributed by atoms with Crippen LogP contribution in [0.1, 0.15) is 38.2 Å². The number of likely N-dealkylation sites (tertiary alicyclic amines) is 2. The molecular weight excluding hydrogens is 256 g/mol. The highest BCUT2D eigenvalue weighted by molar-refractivity contribution is 5.14. The van der Waals surface area contributed by atoms with Crippen LogP contribution in [0.25, 0.3) is 0 Å². The zero-order chi connectivity index (χ0) is 14.5. The summed E-state index contributed by atoms with van der Waals surface area (Å²) in [6.07, 6.45) is 6.80. The molecule has 116 valence electrons. The van der Waals surface area contributed by atoms with Crippen LogP contribution in [0.4, 0.5) is 0 Å². The summed E-state index contributed by atoms with van der Waals surface area (Å²) in [5, 5.41) is 0. The minimum atomic E-state index is 0.862. The molecule has 2 fully saturated rings. The van der Waals surface area contributed by atoms with E-state index >= 15 is 0 Å². The van der Waals surface area contributed by atoms with Crippen LogP contribution in [-0.4, -0.2) is 48.6 Å². The summed E-state index contributed by atoms with van der Waals surface area (Å²) in [7, 11) is 0. The Balaban J connectivity index is 1.40. The molecule has 0 unspecified atom stereocenters. The predicted molar refractivity (Wildman–Crippen MR) is 89.6 cm³/mol. The lowest BCUT2D eigenvalue weighted by atomic mass is 9.95. The van der Waals surface area contributed by atoms with Gasteiger partial charge in [0.15, 0.2) is 0 Å². The maximum Gasteiger partial charge on any atom is 0.0120 e. The van der Waals surface area contributed by atoms with E-state index in [0.717, 1.165) is 12.0 Å². The van der Waals surface area contributed by atoms with Gasteiger partial charge in [0.1, 0.15) is 0 Å². The third-order valence-electron chi connectivity index (χ3n) is 5.32. The predicted octanol–water partition coefficient (Wildman–Crippen LogP) is 3.43. The number of hydrogen-bond acceptors (Lipinski definition) is 2. The largest absolute Gasteiger partial charge is 0.303 e. The van der Waals surface area contributed by atoms with Crippen LogP contribution in [0.2, 0.25) is 0 Å². The van der Waals surface area contributed by atoms with Crippen LogP contribution in [0.15, 0.2) is 30.3 Å². The molecule has 0 amide bonds. The van der Waals surface area contributed by atoms with Gasteiger partial charge in [0.2, 0.25) is 0 Å². The zero-order valence-corrected chi connectivity index (χ0v) is 13.5. The molecule has 2 aliphatic heterocycles. The molecule has 2 aliphatic rings. The average molecular weight is 286 g/mol. The Bertz CT molecular complexity index is 409. The molecule has 0 spiro atoms. The lowest BCUT2D eigenvalue weighted by Gasteiger charge is -2.41. The van der Waals surface area contributed by atoms with Crippen molar-refractivity contribution in [3.63, 3.8) is 0 Å². The van der Waals surface area contributed by atoms with E-state index in [-0.39, 0.29) is 0 Å². The Labute approximate surface area is 130 Å². The van der Waals surface area contributed by atoms with Crippen molar-refractivity contribution < 1.29 is 0 Å². The van der Waals surface area contributed by atoms with Crippen molar-refractivity contribution in [2.45, 2.75) is 45.1 Å². The van der Waals surface area contributed by atoms with E-state index in [9.17, 15) is 0 Å². The molecule has 2 saturated heterocycles. The maximum atomic E-state index is 2.78. The fourth-order valence-corrected chi connectivity index (χ4v) is 4.00. The molecule has 2 heterocycles. The molecule has 0 N–H and O–H groups in total. The number of hydrogen-bond donors (Lipinski definition) is 0. The van der Waals surface area contributed by atoms with Crippen LogP contribution < -0.4 is 0 Å². The standard InChI is InChI=1S/C19H30N2/c1-17-6-5-12-21(16-17)19-10-14-20(15-11-19)13-9-18-7-3-2-4-8-18/h2-4,7-8,17,19H,5-6,9-16H2,1H3/t17-/m0/s1. The van der Waals surface area contributed by atoms with Crippen LogP contribution >= 0.6 is 0 Å². The molecular formula is C19H30N2. The molecule has 1 aromatic rings. The minimum Gasteiger partial charge on any atom is -0.303 e. The van der Waals surface area contributed by atoms with Crippen molar-refractivity contribution in [3.8, 4) is 0 Å². The van der Waals surface area contributed by atoms with Gasteiger partial charge in [-0.1, -0.05) is 37.3 Å². The smallest absolute Gasteiger partial charge is 0.0120 e. The maximum absolute atomic E-state index is 2.78. The summed E-state index contributed by atoms with van der Waals surface area (Å²) in [5.41, 5.74) is 1.48. The number of piperidine rings is 2. The first-order valence-corrected chi connectivity index (χ1v) is 8.81. The summed E-state index contributed by atoms with van der Waals surface area (Å²) in [4.78, 5) is 5.44. The van der Waals surface area contributed by atoms with Gasteiger partial charge in [-0.05, 0) is 63.2 Å². The van der Waals surface area contributed by atoms with E-state index in [0.29, 0.717) is 0 Å². The number of benzene rings is 1. The van der Waals surface area contributed by atoms with Crippen molar-refractivity contribution in [2.75, 3.05) is 32.7 Å². The van der Waals surface area contributed by atoms with Gasteiger partial charge < -0.3 is 9.80 Å². The first-order chi connectivity index (χ1) is 10.3. The van der Waals surface area contributed by atoms with Gasteiger partial charge in [-0.3, -0.25) is 0 Å². The van der Waals surface area contributed by atoms with Crippen LogP contribution in [0.3, 0.4) is 0 Å². The van der Waals surface area contributed by atoms with Gasteiger partial charge in [0, 0.05) is 19.1 Å². The molecule has 0 radical (unpaired) electrons.